The van der Waals surface area contributed by atoms with E-state index in [1.54, 1.807) is 0 Å². The van der Waals surface area contributed by atoms with Gasteiger partial charge in [-0.1, -0.05) is 0 Å². The summed E-state index contributed by atoms with van der Waals surface area (Å²) in [4.78, 5) is 11.6. The van der Waals surface area contributed by atoms with Gasteiger partial charge in [-0.25, -0.2) is 8.78 Å². The lowest BCUT2D eigenvalue weighted by molar-refractivity contribution is 0.152. The number of rotatable bonds is 8. The monoisotopic (exact) mass is 422 g/mol. The van der Waals surface area contributed by atoms with Crippen LogP contribution in [0.2, 0.25) is 0 Å². The number of likely N-dealkylation sites (N-methyl/N-ethyl adjacent to an activating group) is 1. The van der Waals surface area contributed by atoms with E-state index in [0.717, 1.165) is 83.6 Å². The van der Waals surface area contributed by atoms with Crippen molar-refractivity contribution < 1.29 is 8.78 Å². The smallest absolute Gasteiger partial charge is 0.191 e. The third kappa shape index (κ3) is 6.80. The number of guanidine groups is 1. The zero-order valence-electron chi connectivity index (χ0n) is 18.3. The third-order valence-electron chi connectivity index (χ3n) is 5.87. The summed E-state index contributed by atoms with van der Waals surface area (Å²) < 4.78 is 27.2. The number of aliphatic imine (C=N–C) groups is 1. The maximum atomic E-state index is 14.1. The fraction of sp³-hybridized carbons (Fsp3) is 0.682. The van der Waals surface area contributed by atoms with Crippen LogP contribution in [0, 0.1) is 11.6 Å². The Balaban J connectivity index is 1.41. The number of piperazine rings is 1. The number of anilines is 1. The highest BCUT2D eigenvalue weighted by molar-refractivity contribution is 5.80. The Bertz CT molecular complexity index is 690. The summed E-state index contributed by atoms with van der Waals surface area (Å²) in [5, 5.41) is 6.79. The maximum Gasteiger partial charge on any atom is 0.191 e. The van der Waals surface area contributed by atoms with E-state index < -0.39 is 11.6 Å². The molecule has 168 valence electrons. The molecule has 2 aliphatic heterocycles. The number of halogens is 2. The molecule has 1 aromatic carbocycles. The van der Waals surface area contributed by atoms with Crippen molar-refractivity contribution in [3.05, 3.63) is 29.8 Å². The molecule has 0 radical (unpaired) electrons. The van der Waals surface area contributed by atoms with Crippen LogP contribution in [-0.2, 0) is 0 Å². The molecule has 1 unspecified atom stereocenters. The predicted molar refractivity (Wildman–Crippen MR) is 119 cm³/mol. The van der Waals surface area contributed by atoms with Gasteiger partial charge in [0.05, 0.1) is 5.69 Å². The van der Waals surface area contributed by atoms with Crippen LogP contribution in [0.3, 0.4) is 0 Å². The van der Waals surface area contributed by atoms with Crippen molar-refractivity contribution in [2.75, 3.05) is 70.9 Å². The summed E-state index contributed by atoms with van der Waals surface area (Å²) in [5.74, 6) is -0.223. The quantitative estimate of drug-likeness (QED) is 0.382. The van der Waals surface area contributed by atoms with E-state index >= 15 is 0 Å². The zero-order valence-corrected chi connectivity index (χ0v) is 18.3. The number of benzene rings is 1. The third-order valence-corrected chi connectivity index (χ3v) is 5.87. The molecule has 0 spiro atoms. The second kappa shape index (κ2) is 11.5. The molecule has 6 nitrogen and oxygen atoms in total. The summed E-state index contributed by atoms with van der Waals surface area (Å²) in [5.41, 5.74) is 0.464. The van der Waals surface area contributed by atoms with Gasteiger partial charge < -0.3 is 25.3 Å². The standard InChI is InChI=1S/C22H36F2N6/c1-3-25-22(26-9-4-5-10-29-14-12-28(2)13-15-29)27-19-8-11-30(17-19)21-7-6-18(23)16-20(21)24/h6-7,16,19H,3-5,8-15,17H2,1-2H3,(H2,25,26,27). The van der Waals surface area contributed by atoms with E-state index in [-0.39, 0.29) is 6.04 Å². The SMILES string of the molecule is CCNC(=NCCCCN1CCN(C)CC1)NC1CCN(c2ccc(F)cc2F)C1. The van der Waals surface area contributed by atoms with Crippen molar-refractivity contribution in [2.24, 2.45) is 4.99 Å². The van der Waals surface area contributed by atoms with Crippen LogP contribution in [0.25, 0.3) is 0 Å². The highest BCUT2D eigenvalue weighted by atomic mass is 19.1. The van der Waals surface area contributed by atoms with Gasteiger partial charge in [-0.3, -0.25) is 4.99 Å². The summed E-state index contributed by atoms with van der Waals surface area (Å²) >= 11 is 0. The van der Waals surface area contributed by atoms with Crippen molar-refractivity contribution in [2.45, 2.75) is 32.2 Å². The van der Waals surface area contributed by atoms with Crippen molar-refractivity contribution in [3.63, 3.8) is 0 Å². The molecule has 2 saturated heterocycles. The van der Waals surface area contributed by atoms with Gasteiger partial charge in [0.25, 0.3) is 0 Å². The van der Waals surface area contributed by atoms with Crippen LogP contribution < -0.4 is 15.5 Å². The van der Waals surface area contributed by atoms with E-state index in [1.807, 2.05) is 4.90 Å². The van der Waals surface area contributed by atoms with Crippen molar-refractivity contribution in [3.8, 4) is 0 Å². The second-order valence-corrected chi connectivity index (χ2v) is 8.28. The first-order valence-corrected chi connectivity index (χ1v) is 11.2. The molecule has 3 rings (SSSR count). The van der Waals surface area contributed by atoms with E-state index in [4.69, 9.17) is 4.99 Å². The van der Waals surface area contributed by atoms with Crippen molar-refractivity contribution >= 4 is 11.6 Å². The molecule has 0 aromatic heterocycles. The molecule has 0 aliphatic carbocycles. The highest BCUT2D eigenvalue weighted by Crippen LogP contribution is 2.24. The minimum atomic E-state index is -0.542. The lowest BCUT2D eigenvalue weighted by Gasteiger charge is -2.32. The van der Waals surface area contributed by atoms with Gasteiger partial charge in [0.15, 0.2) is 5.96 Å². The van der Waals surface area contributed by atoms with Gasteiger partial charge in [0.1, 0.15) is 11.6 Å². The van der Waals surface area contributed by atoms with Gasteiger partial charge in [-0.2, -0.15) is 0 Å². The normalized spacial score (nSPS) is 21.3. The molecule has 2 heterocycles. The van der Waals surface area contributed by atoms with Gasteiger partial charge in [0, 0.05) is 64.5 Å². The number of hydrogen-bond acceptors (Lipinski definition) is 4. The molecule has 2 aliphatic rings. The van der Waals surface area contributed by atoms with Gasteiger partial charge in [-0.15, -0.1) is 0 Å². The lowest BCUT2D eigenvalue weighted by atomic mass is 10.2. The van der Waals surface area contributed by atoms with Crippen LogP contribution in [-0.4, -0.2) is 87.8 Å². The molecule has 2 fully saturated rings. The molecule has 2 N–H and O–H groups in total. The average molecular weight is 423 g/mol. The molecule has 8 heteroatoms. The minimum absolute atomic E-state index is 0.192. The molecule has 0 amide bonds. The first kappa shape index (κ1) is 22.7. The molecule has 0 saturated carbocycles. The Hall–Kier alpha value is -1.93. The second-order valence-electron chi connectivity index (χ2n) is 8.28. The Morgan fingerprint density at radius 2 is 1.93 bits per heavy atom. The van der Waals surface area contributed by atoms with E-state index in [2.05, 4.69) is 34.4 Å². The van der Waals surface area contributed by atoms with Crippen LogP contribution >= 0.6 is 0 Å². The predicted octanol–water partition coefficient (Wildman–Crippen LogP) is 2.13. The Morgan fingerprint density at radius 3 is 2.67 bits per heavy atom. The Morgan fingerprint density at radius 1 is 1.13 bits per heavy atom. The zero-order chi connectivity index (χ0) is 21.3. The van der Waals surface area contributed by atoms with E-state index in [9.17, 15) is 8.78 Å². The minimum Gasteiger partial charge on any atom is -0.367 e. The number of nitrogens with one attached hydrogen (secondary N) is 2. The van der Waals surface area contributed by atoms with E-state index in [0.29, 0.717) is 12.2 Å². The summed E-state index contributed by atoms with van der Waals surface area (Å²) in [6, 6.07) is 3.97. The fourth-order valence-corrected chi connectivity index (χ4v) is 4.06. The van der Waals surface area contributed by atoms with Crippen LogP contribution in [0.4, 0.5) is 14.5 Å². The molecule has 1 aromatic rings. The molecule has 1 atom stereocenters. The van der Waals surface area contributed by atoms with Crippen molar-refractivity contribution in [1.82, 2.24) is 20.4 Å². The van der Waals surface area contributed by atoms with Crippen LogP contribution in [0.15, 0.2) is 23.2 Å². The van der Waals surface area contributed by atoms with Gasteiger partial charge in [-0.05, 0) is 51.9 Å². The Labute approximate surface area is 179 Å². The summed E-state index contributed by atoms with van der Waals surface area (Å²) in [6.45, 7) is 10.9. The van der Waals surface area contributed by atoms with Crippen LogP contribution in [0.5, 0.6) is 0 Å². The molecular weight excluding hydrogens is 386 g/mol. The molecule has 0 bridgehead atoms. The van der Waals surface area contributed by atoms with Gasteiger partial charge in [0.2, 0.25) is 0 Å². The highest BCUT2D eigenvalue weighted by Gasteiger charge is 2.25. The number of unbranched alkanes of at least 4 members (excludes halogenated alkanes) is 1. The maximum absolute atomic E-state index is 14.1. The molecule has 30 heavy (non-hydrogen) atoms. The van der Waals surface area contributed by atoms with Crippen molar-refractivity contribution in [1.29, 1.82) is 0 Å². The first-order valence-electron chi connectivity index (χ1n) is 11.2. The fourth-order valence-electron chi connectivity index (χ4n) is 4.06. The van der Waals surface area contributed by atoms with E-state index in [1.165, 1.54) is 12.1 Å². The first-order chi connectivity index (χ1) is 14.5. The number of hydrogen-bond donors (Lipinski definition) is 2. The largest absolute Gasteiger partial charge is 0.367 e. The lowest BCUT2D eigenvalue weighted by Crippen LogP contribution is -2.45. The number of nitrogens with zero attached hydrogens (tertiary/aromatic N) is 4. The topological polar surface area (TPSA) is 46.1 Å². The van der Waals surface area contributed by atoms with Crippen LogP contribution in [0.1, 0.15) is 26.2 Å². The van der Waals surface area contributed by atoms with Gasteiger partial charge >= 0.3 is 0 Å². The molecular formula is C22H36F2N6. The summed E-state index contributed by atoms with van der Waals surface area (Å²) in [7, 11) is 2.18. The average Bonchev–Trinajstić information content (AvgIpc) is 3.17. The Kier molecular flexibility index (Phi) is 8.69. The summed E-state index contributed by atoms with van der Waals surface area (Å²) in [6.07, 6.45) is 3.12.